The minimum atomic E-state index is 0.164. The fraction of sp³-hybridized carbons (Fsp3) is 0.143. The maximum Gasteiger partial charge on any atom is 0.133 e. The summed E-state index contributed by atoms with van der Waals surface area (Å²) in [4.78, 5) is 0.164. The first kappa shape index (κ1) is 14.1. The van der Waals surface area contributed by atoms with E-state index >= 15 is 0 Å². The molecule has 2 rings (SSSR count). The van der Waals surface area contributed by atoms with E-state index in [1.165, 1.54) is 11.1 Å². The van der Waals surface area contributed by atoms with Gasteiger partial charge in [0.15, 0.2) is 0 Å². The Bertz CT molecular complexity index is 554. The second kappa shape index (κ2) is 6.22. The summed E-state index contributed by atoms with van der Waals surface area (Å²) in [5.41, 5.74) is 2.39. The molecule has 0 amide bonds. The number of halogens is 3. The normalized spacial score (nSPS) is 12.2. The quantitative estimate of drug-likeness (QED) is 0.562. The van der Waals surface area contributed by atoms with Crippen molar-refractivity contribution in [3.05, 3.63) is 62.5 Å². The van der Waals surface area contributed by atoms with Gasteiger partial charge in [0, 0.05) is 4.47 Å². The summed E-state index contributed by atoms with van der Waals surface area (Å²) in [6, 6.07) is 14.4. The second-order valence-corrected chi connectivity index (χ2v) is 6.50. The first-order valence-corrected chi connectivity index (χ1v) is 7.85. The predicted molar refractivity (Wildman–Crippen MR) is 85.6 cm³/mol. The minimum absolute atomic E-state index is 0.164. The van der Waals surface area contributed by atoms with E-state index in [2.05, 4.69) is 72.1 Å². The zero-order valence-corrected chi connectivity index (χ0v) is 14.4. The Hall–Kier alpha value is -0.320. The van der Waals surface area contributed by atoms with Crippen molar-refractivity contribution in [2.45, 2.75) is 4.83 Å². The molecule has 1 nitrogen and oxygen atoms in total. The van der Waals surface area contributed by atoms with Crippen LogP contribution in [0.3, 0.4) is 0 Å². The lowest BCUT2D eigenvalue weighted by atomic mass is 10.0. The molecule has 4 heteroatoms. The number of ether oxygens (including phenoxy) is 1. The third-order valence-electron chi connectivity index (χ3n) is 2.61. The van der Waals surface area contributed by atoms with Gasteiger partial charge < -0.3 is 4.74 Å². The monoisotopic (exact) mass is 432 g/mol. The fourth-order valence-electron chi connectivity index (χ4n) is 1.70. The lowest BCUT2D eigenvalue weighted by Gasteiger charge is -2.13. The van der Waals surface area contributed by atoms with Crippen LogP contribution in [0.25, 0.3) is 0 Å². The van der Waals surface area contributed by atoms with Crippen LogP contribution in [0.4, 0.5) is 0 Å². The van der Waals surface area contributed by atoms with E-state index in [0.717, 1.165) is 14.7 Å². The van der Waals surface area contributed by atoms with Crippen LogP contribution in [0, 0.1) is 0 Å². The van der Waals surface area contributed by atoms with Crippen LogP contribution in [0.2, 0.25) is 0 Å². The molecular weight excluding hydrogens is 424 g/mol. The fourth-order valence-corrected chi connectivity index (χ4v) is 3.24. The lowest BCUT2D eigenvalue weighted by molar-refractivity contribution is 0.412. The molecule has 2 aromatic carbocycles. The third-order valence-corrected chi connectivity index (χ3v) is 4.78. The zero-order valence-electron chi connectivity index (χ0n) is 9.66. The van der Waals surface area contributed by atoms with Crippen molar-refractivity contribution >= 4 is 47.8 Å². The van der Waals surface area contributed by atoms with Gasteiger partial charge in [-0.25, -0.2) is 0 Å². The molecule has 0 spiro atoms. The van der Waals surface area contributed by atoms with E-state index in [-0.39, 0.29) is 4.83 Å². The Balaban J connectivity index is 2.34. The van der Waals surface area contributed by atoms with Crippen molar-refractivity contribution in [3.8, 4) is 5.75 Å². The minimum Gasteiger partial charge on any atom is -0.496 e. The first-order chi connectivity index (χ1) is 8.61. The summed E-state index contributed by atoms with van der Waals surface area (Å²) < 4.78 is 7.28. The summed E-state index contributed by atoms with van der Waals surface area (Å²) in [7, 11) is 1.67. The van der Waals surface area contributed by atoms with Gasteiger partial charge in [-0.05, 0) is 51.3 Å². The highest BCUT2D eigenvalue weighted by Gasteiger charge is 2.12. The van der Waals surface area contributed by atoms with E-state index in [1.54, 1.807) is 7.11 Å². The molecule has 0 aliphatic heterocycles. The molecule has 1 atom stereocenters. The number of rotatable bonds is 3. The summed E-state index contributed by atoms with van der Waals surface area (Å²) >= 11 is 10.7. The summed E-state index contributed by atoms with van der Waals surface area (Å²) in [5.74, 6) is 0.840. The molecule has 0 aliphatic rings. The molecule has 94 valence electrons. The predicted octanol–water partition coefficient (Wildman–Crippen LogP) is 5.70. The van der Waals surface area contributed by atoms with Gasteiger partial charge in [-0.1, -0.05) is 50.1 Å². The number of hydrogen-bond donors (Lipinski definition) is 0. The van der Waals surface area contributed by atoms with Crippen LogP contribution >= 0.6 is 47.8 Å². The molecule has 2 aromatic rings. The zero-order chi connectivity index (χ0) is 13.1. The number of alkyl halides is 1. The van der Waals surface area contributed by atoms with Gasteiger partial charge >= 0.3 is 0 Å². The van der Waals surface area contributed by atoms with Crippen molar-refractivity contribution in [2.75, 3.05) is 7.11 Å². The molecule has 1 unspecified atom stereocenters. The van der Waals surface area contributed by atoms with Gasteiger partial charge in [-0.2, -0.15) is 0 Å². The summed E-state index contributed by atoms with van der Waals surface area (Å²) in [5, 5.41) is 0. The van der Waals surface area contributed by atoms with Crippen LogP contribution < -0.4 is 4.74 Å². The van der Waals surface area contributed by atoms with Crippen molar-refractivity contribution in [2.24, 2.45) is 0 Å². The van der Waals surface area contributed by atoms with Gasteiger partial charge in [0.25, 0.3) is 0 Å². The largest absolute Gasteiger partial charge is 0.496 e. The SMILES string of the molecule is COc1ccc(C(Br)c2cccc(Br)c2)cc1Br. The van der Waals surface area contributed by atoms with Gasteiger partial charge in [0.05, 0.1) is 16.4 Å². The molecule has 0 heterocycles. The number of hydrogen-bond acceptors (Lipinski definition) is 1. The van der Waals surface area contributed by atoms with Crippen molar-refractivity contribution in [1.29, 1.82) is 0 Å². The molecule has 0 fully saturated rings. The van der Waals surface area contributed by atoms with E-state index in [0.29, 0.717) is 0 Å². The van der Waals surface area contributed by atoms with E-state index in [4.69, 9.17) is 4.74 Å². The van der Waals surface area contributed by atoms with Gasteiger partial charge in [0.2, 0.25) is 0 Å². The van der Waals surface area contributed by atoms with Crippen molar-refractivity contribution in [1.82, 2.24) is 0 Å². The Kier molecular flexibility index (Phi) is 4.87. The topological polar surface area (TPSA) is 9.23 Å². The Morgan fingerprint density at radius 1 is 1.00 bits per heavy atom. The molecular formula is C14H11Br3O. The maximum atomic E-state index is 5.23. The third kappa shape index (κ3) is 3.16. The highest BCUT2D eigenvalue weighted by atomic mass is 79.9. The molecule has 18 heavy (non-hydrogen) atoms. The van der Waals surface area contributed by atoms with E-state index < -0.39 is 0 Å². The Labute approximate surface area is 132 Å². The Morgan fingerprint density at radius 2 is 1.72 bits per heavy atom. The molecule has 0 aliphatic carbocycles. The second-order valence-electron chi connectivity index (χ2n) is 3.81. The number of benzene rings is 2. The molecule has 0 aromatic heterocycles. The highest BCUT2D eigenvalue weighted by Crippen LogP contribution is 2.35. The maximum absolute atomic E-state index is 5.23. The smallest absolute Gasteiger partial charge is 0.133 e. The Morgan fingerprint density at radius 3 is 2.33 bits per heavy atom. The molecule has 0 radical (unpaired) electrons. The van der Waals surface area contributed by atoms with Gasteiger partial charge in [0.1, 0.15) is 5.75 Å². The van der Waals surface area contributed by atoms with Crippen LogP contribution in [0.5, 0.6) is 5.75 Å². The van der Waals surface area contributed by atoms with Crippen molar-refractivity contribution < 1.29 is 4.74 Å². The molecule has 0 saturated carbocycles. The summed E-state index contributed by atoms with van der Waals surface area (Å²) in [6.45, 7) is 0. The van der Waals surface area contributed by atoms with Crippen LogP contribution in [0.1, 0.15) is 16.0 Å². The highest BCUT2D eigenvalue weighted by molar-refractivity contribution is 9.11. The van der Waals surface area contributed by atoms with Gasteiger partial charge in [-0.15, -0.1) is 0 Å². The standard InChI is InChI=1S/C14H11Br3O/c1-18-13-6-5-10(8-12(13)16)14(17)9-3-2-4-11(15)7-9/h2-8,14H,1H3. The van der Waals surface area contributed by atoms with Crippen LogP contribution in [-0.4, -0.2) is 7.11 Å². The van der Waals surface area contributed by atoms with Crippen molar-refractivity contribution in [3.63, 3.8) is 0 Å². The molecule has 0 bridgehead atoms. The van der Waals surface area contributed by atoms with Crippen LogP contribution in [-0.2, 0) is 0 Å². The lowest BCUT2D eigenvalue weighted by Crippen LogP contribution is -1.94. The molecule has 0 N–H and O–H groups in total. The average Bonchev–Trinajstić information content (AvgIpc) is 2.37. The van der Waals surface area contributed by atoms with E-state index in [9.17, 15) is 0 Å². The van der Waals surface area contributed by atoms with Crippen LogP contribution in [0.15, 0.2) is 51.4 Å². The molecule has 0 saturated heterocycles. The van der Waals surface area contributed by atoms with Gasteiger partial charge in [-0.3, -0.25) is 0 Å². The van der Waals surface area contributed by atoms with E-state index in [1.807, 2.05) is 18.2 Å². The first-order valence-electron chi connectivity index (χ1n) is 5.35. The summed E-state index contributed by atoms with van der Waals surface area (Å²) in [6.07, 6.45) is 0. The average molecular weight is 435 g/mol. The number of methoxy groups -OCH3 is 1.